The van der Waals surface area contributed by atoms with E-state index in [9.17, 15) is 33.2 Å². The van der Waals surface area contributed by atoms with Crippen LogP contribution >= 0.6 is 11.6 Å². The quantitative estimate of drug-likeness (QED) is 0.0598. The van der Waals surface area contributed by atoms with Crippen LogP contribution in [0.1, 0.15) is 93.4 Å². The van der Waals surface area contributed by atoms with E-state index in [1.165, 1.54) is 30.4 Å². The molecule has 3 saturated heterocycles. The Balaban J connectivity index is 0.000000159. The minimum atomic E-state index is -0.661. The third-order valence-electron chi connectivity index (χ3n) is 16.7. The number of ether oxygens (including phenoxy) is 4. The number of hydrogen-bond donors (Lipinski definition) is 3. The Hall–Kier alpha value is -11.7. The first kappa shape index (κ1) is 69.2. The average Bonchev–Trinajstić information content (AvgIpc) is 1.65. The number of para-hydroxylation sites is 2. The van der Waals surface area contributed by atoms with Crippen molar-refractivity contribution < 1.29 is 52.1 Å². The molecule has 3 fully saturated rings. The van der Waals surface area contributed by atoms with Gasteiger partial charge in [-0.2, -0.15) is 15.3 Å². The molecule has 23 nitrogen and oxygen atoms in total. The number of piperidine rings is 3. The summed E-state index contributed by atoms with van der Waals surface area (Å²) in [6, 6.07) is 38.6. The number of methoxy groups -OCH3 is 1. The number of halogens is 2. The monoisotopic (exact) mass is 1350 g/mol. The Labute approximate surface area is 570 Å². The molecule has 98 heavy (non-hydrogen) atoms. The van der Waals surface area contributed by atoms with Crippen LogP contribution in [-0.4, -0.2) is 131 Å². The molecule has 6 N–H and O–H groups in total. The Morgan fingerprint density at radius 2 is 0.918 bits per heavy atom. The molecule has 504 valence electrons. The number of amides is 6. The first-order valence-electron chi connectivity index (χ1n) is 31.6. The Bertz CT molecular complexity index is 4390. The van der Waals surface area contributed by atoms with E-state index in [1.54, 1.807) is 121 Å². The van der Waals surface area contributed by atoms with Gasteiger partial charge in [0.25, 0.3) is 17.7 Å². The molecule has 12 rings (SSSR count). The Morgan fingerprint density at radius 3 is 1.31 bits per heavy atom. The molecule has 0 saturated carbocycles. The van der Waals surface area contributed by atoms with E-state index in [1.807, 2.05) is 60.7 Å². The molecule has 0 aliphatic carbocycles. The fourth-order valence-corrected chi connectivity index (χ4v) is 11.9. The smallest absolute Gasteiger partial charge is 0.252 e. The highest BCUT2D eigenvalue weighted by Gasteiger charge is 2.31. The molecule has 3 aliphatic heterocycles. The van der Waals surface area contributed by atoms with Crippen molar-refractivity contribution >= 4 is 47.0 Å². The molecular weight excluding hydrogens is 1270 g/mol. The molecular formula is C73H73ClFN13O10. The average molecular weight is 1350 g/mol. The molecule has 9 aromatic rings. The molecule has 0 spiro atoms. The second-order valence-electron chi connectivity index (χ2n) is 23.2. The maximum absolute atomic E-state index is 14.8. The lowest BCUT2D eigenvalue weighted by molar-refractivity contribution is -0.128. The van der Waals surface area contributed by atoms with Gasteiger partial charge in [-0.15, -0.1) is 0 Å². The fraction of sp³-hybridized carbons (Fsp3) is 0.233. The number of carbonyl (C=O) groups is 6. The maximum Gasteiger partial charge on any atom is 0.252 e. The molecule has 4 aromatic heterocycles. The molecule has 0 bridgehead atoms. The largest absolute Gasteiger partial charge is 0.493 e. The van der Waals surface area contributed by atoms with E-state index in [2.05, 4.69) is 40.0 Å². The Kier molecular flexibility index (Phi) is 22.7. The second-order valence-corrected chi connectivity index (χ2v) is 23.6. The first-order chi connectivity index (χ1) is 47.4. The van der Waals surface area contributed by atoms with Crippen molar-refractivity contribution in [2.24, 2.45) is 17.2 Å². The lowest BCUT2D eigenvalue weighted by atomic mass is 10.1. The summed E-state index contributed by atoms with van der Waals surface area (Å²) in [6.07, 6.45) is 15.4. The van der Waals surface area contributed by atoms with Crippen LogP contribution in [0.25, 0.3) is 33.8 Å². The zero-order valence-electron chi connectivity index (χ0n) is 53.8. The van der Waals surface area contributed by atoms with Crippen LogP contribution < -0.4 is 36.1 Å². The molecule has 7 heterocycles. The van der Waals surface area contributed by atoms with Crippen LogP contribution in [0.3, 0.4) is 0 Å². The number of benzene rings is 5. The highest BCUT2D eigenvalue weighted by Crippen LogP contribution is 2.38. The van der Waals surface area contributed by atoms with Crippen LogP contribution in [0, 0.1) is 5.82 Å². The van der Waals surface area contributed by atoms with Gasteiger partial charge in [-0.1, -0.05) is 73.8 Å². The summed E-state index contributed by atoms with van der Waals surface area (Å²) < 4.78 is 42.7. The minimum absolute atomic E-state index is 0.0583. The molecule has 5 aromatic carbocycles. The van der Waals surface area contributed by atoms with Gasteiger partial charge in [0.1, 0.15) is 40.9 Å². The second kappa shape index (κ2) is 32.2. The van der Waals surface area contributed by atoms with E-state index >= 15 is 0 Å². The van der Waals surface area contributed by atoms with Gasteiger partial charge in [0.05, 0.1) is 52.6 Å². The van der Waals surface area contributed by atoms with Crippen molar-refractivity contribution in [3.8, 4) is 68.3 Å². The summed E-state index contributed by atoms with van der Waals surface area (Å²) in [5.74, 6) is 0.0152. The van der Waals surface area contributed by atoms with Gasteiger partial charge in [-0.05, 0) is 148 Å². The topological polar surface area (TPSA) is 293 Å². The summed E-state index contributed by atoms with van der Waals surface area (Å²) >= 11 is 6.45. The van der Waals surface area contributed by atoms with Crippen molar-refractivity contribution in [1.82, 2.24) is 49.0 Å². The molecule has 3 aliphatic rings. The summed E-state index contributed by atoms with van der Waals surface area (Å²) in [5.41, 5.74) is 21.4. The van der Waals surface area contributed by atoms with Crippen molar-refractivity contribution in [2.45, 2.75) is 63.3 Å². The van der Waals surface area contributed by atoms with Gasteiger partial charge in [0.2, 0.25) is 17.7 Å². The van der Waals surface area contributed by atoms with Crippen LogP contribution in [0.15, 0.2) is 196 Å². The highest BCUT2D eigenvalue weighted by atomic mass is 35.5. The third kappa shape index (κ3) is 16.9. The standard InChI is InChI=1S/C25H26N4O4.C24H24ClN5O3.C24H23FN4O3/c1-3-23(30)28-13-7-8-18(15-28)29-16-20(25(26)31)24(27-29)17-11-12-21(22(14-17)32-2)33-19-9-5-4-6-10-19;1-2-22(31)29-11-5-7-18(13-29)30-14-19(24(26)32)23(28-30)16-8-9-21(20(25)12-16)33-15-17-6-3-4-10-27-17;1-2-22(30)28-12-6-7-17(14-28)29-15-19(24(26)31)23(27-29)16-10-11-21(20(25)13-16)32-18-8-4-3-5-9-18/h3-6,9-12,14,16,18H,1,7-8,13,15H2,2H3,(H2,26,31);2-4,6,8-10,12,14,18H,1,5,7,11,13,15H2,(H2,26,32);2-5,8-11,13,15,17H,1,6-7,12,14H2,(H2,26,31)/t2*18-;17-/m111/s1. The first-order valence-corrected chi connectivity index (χ1v) is 32.0. The number of pyridine rings is 1. The van der Waals surface area contributed by atoms with E-state index in [0.29, 0.717) is 112 Å². The summed E-state index contributed by atoms with van der Waals surface area (Å²) in [4.78, 5) is 81.9. The predicted octanol–water partition coefficient (Wildman–Crippen LogP) is 11.4. The van der Waals surface area contributed by atoms with Crippen molar-refractivity contribution in [3.63, 3.8) is 0 Å². The number of nitrogens with two attached hydrogens (primary N) is 3. The van der Waals surface area contributed by atoms with Crippen LogP contribution in [0.2, 0.25) is 5.02 Å². The molecule has 3 atom stereocenters. The maximum atomic E-state index is 14.8. The number of likely N-dealkylation sites (tertiary alicyclic amines) is 3. The number of carbonyl (C=O) groups excluding carboxylic acids is 6. The van der Waals surface area contributed by atoms with E-state index in [0.717, 1.165) is 44.2 Å². The zero-order valence-corrected chi connectivity index (χ0v) is 54.6. The molecule has 25 heteroatoms. The van der Waals surface area contributed by atoms with E-state index in [4.69, 9.17) is 47.7 Å². The van der Waals surface area contributed by atoms with Crippen LogP contribution in [0.5, 0.6) is 34.5 Å². The van der Waals surface area contributed by atoms with Crippen LogP contribution in [-0.2, 0) is 21.0 Å². The van der Waals surface area contributed by atoms with Crippen LogP contribution in [0.4, 0.5) is 4.39 Å². The summed E-state index contributed by atoms with van der Waals surface area (Å²) in [7, 11) is 1.55. The summed E-state index contributed by atoms with van der Waals surface area (Å²) in [6.45, 7) is 14.4. The van der Waals surface area contributed by atoms with Gasteiger partial charge in [-0.3, -0.25) is 47.8 Å². The zero-order chi connectivity index (χ0) is 69.4. The van der Waals surface area contributed by atoms with E-state index < -0.39 is 23.5 Å². The number of nitrogens with zero attached hydrogens (tertiary/aromatic N) is 10. The lowest BCUT2D eigenvalue weighted by Crippen LogP contribution is -2.40. The molecule has 0 unspecified atom stereocenters. The van der Waals surface area contributed by atoms with E-state index in [-0.39, 0.29) is 59.5 Å². The van der Waals surface area contributed by atoms with Crippen molar-refractivity contribution in [1.29, 1.82) is 0 Å². The minimum Gasteiger partial charge on any atom is -0.493 e. The number of hydrogen-bond acceptors (Lipinski definition) is 14. The van der Waals surface area contributed by atoms with Gasteiger partial charge in [-0.25, -0.2) is 4.39 Å². The Morgan fingerprint density at radius 1 is 0.520 bits per heavy atom. The normalized spacial score (nSPS) is 15.8. The predicted molar refractivity (Wildman–Crippen MR) is 367 cm³/mol. The third-order valence-corrected chi connectivity index (χ3v) is 16.9. The molecule has 0 radical (unpaired) electrons. The van der Waals surface area contributed by atoms with Crippen molar-refractivity contribution in [2.75, 3.05) is 46.4 Å². The fourth-order valence-electron chi connectivity index (χ4n) is 11.7. The number of aromatic nitrogens is 7. The SMILES string of the molecule is C=CC(=O)N1CCC[C@@H](n2cc(C(N)=O)c(-c3ccc(OCc4ccccn4)c(Cl)c3)n2)C1.C=CC(=O)N1CCC[C@@H](n2cc(C(N)=O)c(-c3ccc(Oc4ccccc4)c(F)c3)n2)C1.C=CC(=O)N1CCC[C@@H](n2cc(C(N)=O)c(-c3ccc(Oc4ccccc4)c(OC)c3)n2)C1. The van der Waals surface area contributed by atoms with Gasteiger partial charge >= 0.3 is 0 Å². The number of primary amides is 3. The molecule has 6 amide bonds. The van der Waals surface area contributed by atoms with Gasteiger partial charge < -0.3 is 50.8 Å². The lowest BCUT2D eigenvalue weighted by Gasteiger charge is -2.32. The van der Waals surface area contributed by atoms with Crippen molar-refractivity contribution in [3.05, 3.63) is 229 Å². The number of rotatable bonds is 20. The van der Waals surface area contributed by atoms with Gasteiger partial charge in [0, 0.05) is 80.7 Å². The summed E-state index contributed by atoms with van der Waals surface area (Å²) in [5, 5.41) is 14.3. The van der Waals surface area contributed by atoms with Gasteiger partial charge in [0.15, 0.2) is 23.1 Å². The highest BCUT2D eigenvalue weighted by molar-refractivity contribution is 6.32.